The number of hydrogen-bond acceptors (Lipinski definition) is 3. The molecule has 0 spiro atoms. The average molecular weight is 228 g/mol. The van der Waals surface area contributed by atoms with Crippen LogP contribution in [0.1, 0.15) is 27.2 Å². The largest absolute Gasteiger partial charge is 0.395 e. The zero-order chi connectivity index (χ0) is 12.4. The molecule has 3 nitrogen and oxygen atoms in total. The van der Waals surface area contributed by atoms with E-state index in [0.29, 0.717) is 12.0 Å². The second-order valence-electron chi connectivity index (χ2n) is 4.52. The van der Waals surface area contributed by atoms with Crippen LogP contribution in [0.15, 0.2) is 12.7 Å². The Morgan fingerprint density at radius 1 is 1.44 bits per heavy atom. The topological polar surface area (TPSA) is 35.5 Å². The Bertz CT molecular complexity index is 171. The Morgan fingerprint density at radius 2 is 2.12 bits per heavy atom. The van der Waals surface area contributed by atoms with Crippen LogP contribution >= 0.6 is 0 Å². The fourth-order valence-corrected chi connectivity index (χ4v) is 1.90. The molecule has 0 saturated heterocycles. The van der Waals surface area contributed by atoms with Crippen molar-refractivity contribution in [3.05, 3.63) is 12.7 Å². The van der Waals surface area contributed by atoms with Crippen molar-refractivity contribution in [1.29, 1.82) is 0 Å². The molecule has 2 N–H and O–H groups in total. The molecule has 0 aromatic rings. The van der Waals surface area contributed by atoms with E-state index < -0.39 is 0 Å². The van der Waals surface area contributed by atoms with Gasteiger partial charge in [-0.15, -0.1) is 6.58 Å². The van der Waals surface area contributed by atoms with E-state index in [1.807, 2.05) is 6.08 Å². The van der Waals surface area contributed by atoms with Crippen LogP contribution in [0, 0.1) is 5.92 Å². The molecule has 0 aromatic carbocycles. The number of nitrogens with one attached hydrogen (secondary N) is 1. The lowest BCUT2D eigenvalue weighted by Crippen LogP contribution is -2.47. The smallest absolute Gasteiger partial charge is 0.0558 e. The summed E-state index contributed by atoms with van der Waals surface area (Å²) in [6.45, 7) is 14.2. The molecule has 0 aliphatic rings. The van der Waals surface area contributed by atoms with Crippen LogP contribution in [0.2, 0.25) is 0 Å². The summed E-state index contributed by atoms with van der Waals surface area (Å²) in [6.07, 6.45) is 3.07. The highest BCUT2D eigenvalue weighted by Crippen LogP contribution is 2.10. The summed E-state index contributed by atoms with van der Waals surface area (Å²) in [6, 6.07) is 0.469. The van der Waals surface area contributed by atoms with Gasteiger partial charge < -0.3 is 10.4 Å². The van der Waals surface area contributed by atoms with Crippen LogP contribution in [-0.4, -0.2) is 48.8 Å². The molecule has 0 bridgehead atoms. The lowest BCUT2D eigenvalue weighted by molar-refractivity contribution is 0.133. The van der Waals surface area contributed by atoms with Crippen molar-refractivity contribution in [3.8, 4) is 0 Å². The highest BCUT2D eigenvalue weighted by molar-refractivity contribution is 4.82. The maximum Gasteiger partial charge on any atom is 0.0558 e. The Balaban J connectivity index is 4.25. The van der Waals surface area contributed by atoms with Crippen molar-refractivity contribution in [2.75, 3.05) is 32.8 Å². The van der Waals surface area contributed by atoms with Crippen molar-refractivity contribution in [1.82, 2.24) is 10.2 Å². The molecule has 0 aliphatic heterocycles. The zero-order valence-corrected chi connectivity index (χ0v) is 11.1. The minimum atomic E-state index is 0.213. The molecule has 1 unspecified atom stereocenters. The maximum atomic E-state index is 9.07. The second-order valence-corrected chi connectivity index (χ2v) is 4.52. The van der Waals surface area contributed by atoms with Gasteiger partial charge in [-0.1, -0.05) is 26.8 Å². The Morgan fingerprint density at radius 3 is 2.56 bits per heavy atom. The summed E-state index contributed by atoms with van der Waals surface area (Å²) in [5, 5.41) is 12.5. The summed E-state index contributed by atoms with van der Waals surface area (Å²) in [4.78, 5) is 2.29. The monoisotopic (exact) mass is 228 g/mol. The molecule has 0 radical (unpaired) electrons. The molecule has 0 saturated carbocycles. The van der Waals surface area contributed by atoms with Crippen LogP contribution in [-0.2, 0) is 0 Å². The van der Waals surface area contributed by atoms with Crippen LogP contribution in [0.3, 0.4) is 0 Å². The van der Waals surface area contributed by atoms with E-state index in [1.165, 1.54) is 0 Å². The third-order valence-corrected chi connectivity index (χ3v) is 2.77. The first-order chi connectivity index (χ1) is 7.67. The van der Waals surface area contributed by atoms with Gasteiger partial charge in [0.1, 0.15) is 0 Å². The molecular weight excluding hydrogens is 200 g/mol. The first kappa shape index (κ1) is 15.6. The van der Waals surface area contributed by atoms with E-state index in [1.54, 1.807) is 0 Å². The third-order valence-electron chi connectivity index (χ3n) is 2.77. The molecule has 0 aliphatic carbocycles. The highest BCUT2D eigenvalue weighted by Gasteiger charge is 2.19. The number of aliphatic hydroxyl groups is 1. The first-order valence-electron chi connectivity index (χ1n) is 6.33. The molecule has 0 amide bonds. The van der Waals surface area contributed by atoms with E-state index in [9.17, 15) is 0 Å². The Hall–Kier alpha value is -0.380. The number of nitrogens with zero attached hydrogens (tertiary/aromatic N) is 1. The molecule has 1 atom stereocenters. The summed E-state index contributed by atoms with van der Waals surface area (Å²) in [5.74, 6) is 0.579. The normalized spacial score (nSPS) is 13.4. The van der Waals surface area contributed by atoms with Gasteiger partial charge in [-0.2, -0.15) is 0 Å². The molecule has 16 heavy (non-hydrogen) atoms. The fraction of sp³-hybridized carbons (Fsp3) is 0.846. The lowest BCUT2D eigenvalue weighted by Gasteiger charge is -2.33. The molecule has 0 rings (SSSR count). The molecular formula is C13H28N2O. The number of aliphatic hydroxyl groups excluding tert-OH is 1. The van der Waals surface area contributed by atoms with Crippen LogP contribution in [0.25, 0.3) is 0 Å². The highest BCUT2D eigenvalue weighted by atomic mass is 16.3. The van der Waals surface area contributed by atoms with Crippen molar-refractivity contribution < 1.29 is 5.11 Å². The van der Waals surface area contributed by atoms with E-state index in [-0.39, 0.29) is 6.61 Å². The predicted molar refractivity (Wildman–Crippen MR) is 70.6 cm³/mol. The summed E-state index contributed by atoms with van der Waals surface area (Å²) in [5.41, 5.74) is 0. The average Bonchev–Trinajstić information content (AvgIpc) is 2.24. The van der Waals surface area contributed by atoms with Crippen LogP contribution in [0.4, 0.5) is 0 Å². The van der Waals surface area contributed by atoms with E-state index in [4.69, 9.17) is 5.11 Å². The Kier molecular flexibility index (Phi) is 9.59. The van der Waals surface area contributed by atoms with Crippen molar-refractivity contribution in [3.63, 3.8) is 0 Å². The molecule has 0 aromatic heterocycles. The maximum absolute atomic E-state index is 9.07. The minimum absolute atomic E-state index is 0.213. The summed E-state index contributed by atoms with van der Waals surface area (Å²) < 4.78 is 0. The quantitative estimate of drug-likeness (QED) is 0.439. The van der Waals surface area contributed by atoms with Gasteiger partial charge in [-0.3, -0.25) is 4.90 Å². The van der Waals surface area contributed by atoms with Crippen molar-refractivity contribution in [2.45, 2.75) is 33.2 Å². The fourth-order valence-electron chi connectivity index (χ4n) is 1.90. The molecule has 0 fully saturated rings. The van der Waals surface area contributed by atoms with E-state index in [2.05, 4.69) is 37.6 Å². The standard InChI is InChI=1S/C13H28N2O/c1-5-7-14-11-13(12(3)4)15(8-6-2)9-10-16/h6,12-14,16H,2,5,7-11H2,1,3-4H3. The van der Waals surface area contributed by atoms with Gasteiger partial charge in [-0.25, -0.2) is 0 Å². The van der Waals surface area contributed by atoms with Gasteiger partial charge in [0.2, 0.25) is 0 Å². The summed E-state index contributed by atoms with van der Waals surface area (Å²) >= 11 is 0. The lowest BCUT2D eigenvalue weighted by atomic mass is 10.0. The Labute approximate surface area is 101 Å². The third kappa shape index (κ3) is 6.26. The van der Waals surface area contributed by atoms with Crippen LogP contribution in [0.5, 0.6) is 0 Å². The molecule has 3 heteroatoms. The first-order valence-corrected chi connectivity index (χ1v) is 6.33. The zero-order valence-electron chi connectivity index (χ0n) is 11.1. The van der Waals surface area contributed by atoms with Gasteiger partial charge in [0.15, 0.2) is 0 Å². The van der Waals surface area contributed by atoms with E-state index >= 15 is 0 Å². The van der Waals surface area contributed by atoms with Crippen molar-refractivity contribution in [2.24, 2.45) is 5.92 Å². The minimum Gasteiger partial charge on any atom is -0.395 e. The second kappa shape index (κ2) is 9.82. The van der Waals surface area contributed by atoms with Gasteiger partial charge in [0, 0.05) is 25.7 Å². The predicted octanol–water partition coefficient (Wildman–Crippen LogP) is 1.49. The molecule has 96 valence electrons. The summed E-state index contributed by atoms with van der Waals surface area (Å²) in [7, 11) is 0. The van der Waals surface area contributed by atoms with Gasteiger partial charge in [0.05, 0.1) is 6.61 Å². The van der Waals surface area contributed by atoms with Gasteiger partial charge in [0.25, 0.3) is 0 Å². The number of rotatable bonds is 10. The van der Waals surface area contributed by atoms with E-state index in [0.717, 1.165) is 32.6 Å². The SMILES string of the molecule is C=CCN(CCO)C(CNCCC)C(C)C. The van der Waals surface area contributed by atoms with Crippen LogP contribution < -0.4 is 5.32 Å². The van der Waals surface area contributed by atoms with Crippen molar-refractivity contribution >= 4 is 0 Å². The molecule has 0 heterocycles. The van der Waals surface area contributed by atoms with Gasteiger partial charge >= 0.3 is 0 Å². The number of hydrogen-bond donors (Lipinski definition) is 2. The van der Waals surface area contributed by atoms with Gasteiger partial charge in [-0.05, 0) is 18.9 Å².